The Labute approximate surface area is 134 Å². The monoisotopic (exact) mass is 335 g/mol. The van der Waals surface area contributed by atoms with Crippen LogP contribution in [0.1, 0.15) is 19.4 Å². The Morgan fingerprint density at radius 3 is 2.21 bits per heavy atom. The SMILES string of the molecule is CC1=C(C)C(=O)N(Nc2cc(C(F)(F)F)c3ccccc3n2)C1=O. The van der Waals surface area contributed by atoms with E-state index in [0.717, 1.165) is 6.07 Å². The van der Waals surface area contributed by atoms with Gasteiger partial charge >= 0.3 is 6.18 Å². The quantitative estimate of drug-likeness (QED) is 0.856. The number of imide groups is 1. The number of rotatable bonds is 2. The molecular formula is C16H12F3N3O2. The molecule has 5 nitrogen and oxygen atoms in total. The van der Waals surface area contributed by atoms with Gasteiger partial charge in [0, 0.05) is 16.5 Å². The Morgan fingerprint density at radius 1 is 1.04 bits per heavy atom. The van der Waals surface area contributed by atoms with Gasteiger partial charge in [0.25, 0.3) is 11.8 Å². The topological polar surface area (TPSA) is 62.3 Å². The van der Waals surface area contributed by atoms with Crippen LogP contribution < -0.4 is 5.43 Å². The smallest absolute Gasteiger partial charge is 0.271 e. The number of hydrogen-bond acceptors (Lipinski definition) is 4. The second-order valence-corrected chi connectivity index (χ2v) is 5.38. The molecule has 2 aromatic rings. The van der Waals surface area contributed by atoms with Gasteiger partial charge in [-0.2, -0.15) is 18.2 Å². The van der Waals surface area contributed by atoms with Crippen molar-refractivity contribution in [1.82, 2.24) is 9.99 Å². The number of nitrogens with zero attached hydrogens (tertiary/aromatic N) is 2. The summed E-state index contributed by atoms with van der Waals surface area (Å²) >= 11 is 0. The van der Waals surface area contributed by atoms with Crippen molar-refractivity contribution in [1.29, 1.82) is 0 Å². The number of fused-ring (bicyclic) bond motifs is 1. The summed E-state index contributed by atoms with van der Waals surface area (Å²) in [5.74, 6) is -1.45. The first kappa shape index (κ1) is 16.0. The van der Waals surface area contributed by atoms with Crippen molar-refractivity contribution < 1.29 is 22.8 Å². The van der Waals surface area contributed by atoms with E-state index in [-0.39, 0.29) is 27.9 Å². The highest BCUT2D eigenvalue weighted by Gasteiger charge is 2.36. The number of aromatic nitrogens is 1. The summed E-state index contributed by atoms with van der Waals surface area (Å²) < 4.78 is 39.8. The van der Waals surface area contributed by atoms with E-state index in [1.807, 2.05) is 0 Å². The van der Waals surface area contributed by atoms with Crippen LogP contribution in [0.5, 0.6) is 0 Å². The van der Waals surface area contributed by atoms with Crippen LogP contribution in [0.3, 0.4) is 0 Å². The summed E-state index contributed by atoms with van der Waals surface area (Å²) in [6.45, 7) is 2.96. The molecule has 2 heterocycles. The molecule has 0 saturated heterocycles. The summed E-state index contributed by atoms with van der Waals surface area (Å²) in [5, 5.41) is 0.613. The molecule has 0 radical (unpaired) electrons. The third kappa shape index (κ3) is 2.49. The van der Waals surface area contributed by atoms with Gasteiger partial charge in [0.05, 0.1) is 11.1 Å². The molecule has 0 aliphatic carbocycles. The number of halogens is 3. The maximum absolute atomic E-state index is 13.3. The van der Waals surface area contributed by atoms with Crippen molar-refractivity contribution in [2.75, 3.05) is 5.43 Å². The molecule has 0 spiro atoms. The number of carbonyl (C=O) groups is 2. The molecule has 0 bridgehead atoms. The van der Waals surface area contributed by atoms with Gasteiger partial charge in [0.15, 0.2) is 0 Å². The van der Waals surface area contributed by atoms with Gasteiger partial charge in [-0.1, -0.05) is 18.2 Å². The van der Waals surface area contributed by atoms with Crippen LogP contribution in [-0.4, -0.2) is 21.8 Å². The summed E-state index contributed by atoms with van der Waals surface area (Å²) in [4.78, 5) is 28.1. The Bertz CT molecular complexity index is 879. The fourth-order valence-electron chi connectivity index (χ4n) is 2.43. The van der Waals surface area contributed by atoms with Gasteiger partial charge in [0.1, 0.15) is 5.82 Å². The van der Waals surface area contributed by atoms with Crippen molar-refractivity contribution >= 4 is 28.5 Å². The summed E-state index contributed by atoms with van der Waals surface area (Å²) in [5.41, 5.74) is 2.08. The molecule has 3 rings (SSSR count). The molecule has 24 heavy (non-hydrogen) atoms. The van der Waals surface area contributed by atoms with Crippen molar-refractivity contribution in [3.63, 3.8) is 0 Å². The van der Waals surface area contributed by atoms with Crippen LogP contribution in [-0.2, 0) is 15.8 Å². The number of carbonyl (C=O) groups excluding carboxylic acids is 2. The van der Waals surface area contributed by atoms with Crippen LogP contribution in [0.4, 0.5) is 19.0 Å². The van der Waals surface area contributed by atoms with Crippen LogP contribution >= 0.6 is 0 Å². The minimum absolute atomic E-state index is 0.0555. The van der Waals surface area contributed by atoms with Gasteiger partial charge in [-0.05, 0) is 26.0 Å². The Balaban J connectivity index is 2.06. The van der Waals surface area contributed by atoms with Gasteiger partial charge in [-0.3, -0.25) is 15.0 Å². The number of para-hydroxylation sites is 1. The lowest BCUT2D eigenvalue weighted by Crippen LogP contribution is -2.37. The molecule has 1 N–H and O–H groups in total. The number of hydrogen-bond donors (Lipinski definition) is 1. The van der Waals surface area contributed by atoms with E-state index >= 15 is 0 Å². The zero-order valence-corrected chi connectivity index (χ0v) is 12.7. The first-order valence-electron chi connectivity index (χ1n) is 7.00. The average Bonchev–Trinajstić information content (AvgIpc) is 2.71. The van der Waals surface area contributed by atoms with Gasteiger partial charge in [-0.15, -0.1) is 0 Å². The van der Waals surface area contributed by atoms with Crippen LogP contribution in [0, 0.1) is 0 Å². The first-order valence-corrected chi connectivity index (χ1v) is 7.00. The van der Waals surface area contributed by atoms with E-state index in [0.29, 0.717) is 5.01 Å². The zero-order valence-electron chi connectivity index (χ0n) is 12.7. The van der Waals surface area contributed by atoms with Crippen LogP contribution in [0.25, 0.3) is 10.9 Å². The van der Waals surface area contributed by atoms with Crippen molar-refractivity contribution in [2.45, 2.75) is 20.0 Å². The van der Waals surface area contributed by atoms with E-state index in [9.17, 15) is 22.8 Å². The number of alkyl halides is 3. The third-order valence-corrected chi connectivity index (χ3v) is 3.86. The lowest BCUT2D eigenvalue weighted by molar-refractivity contribution is -0.136. The third-order valence-electron chi connectivity index (χ3n) is 3.86. The molecule has 1 aromatic carbocycles. The van der Waals surface area contributed by atoms with Crippen LogP contribution in [0.15, 0.2) is 41.5 Å². The standard InChI is InChI=1S/C16H12F3N3O2/c1-8-9(2)15(24)22(14(8)23)21-13-7-11(16(17,18)19)10-5-3-4-6-12(10)20-13/h3-7H,1-2H3,(H,20,21). The molecule has 2 amide bonds. The number of pyridine rings is 1. The highest BCUT2D eigenvalue weighted by Crippen LogP contribution is 2.36. The number of hydrazine groups is 1. The lowest BCUT2D eigenvalue weighted by Gasteiger charge is -2.18. The summed E-state index contributed by atoms with van der Waals surface area (Å²) in [6, 6.07) is 6.57. The fourth-order valence-corrected chi connectivity index (χ4v) is 2.43. The molecule has 1 aliphatic rings. The maximum Gasteiger partial charge on any atom is 0.417 e. The van der Waals surface area contributed by atoms with Gasteiger partial charge in [-0.25, -0.2) is 4.98 Å². The van der Waals surface area contributed by atoms with E-state index in [1.54, 1.807) is 6.07 Å². The molecule has 8 heteroatoms. The summed E-state index contributed by atoms with van der Waals surface area (Å²) in [7, 11) is 0. The highest BCUT2D eigenvalue weighted by atomic mass is 19.4. The Morgan fingerprint density at radius 2 is 1.62 bits per heavy atom. The van der Waals surface area contributed by atoms with Crippen molar-refractivity contribution in [2.24, 2.45) is 0 Å². The van der Waals surface area contributed by atoms with Gasteiger partial charge in [0.2, 0.25) is 0 Å². The Kier molecular flexibility index (Phi) is 3.55. The Hall–Kier alpha value is -2.90. The number of anilines is 1. The predicted octanol–water partition coefficient (Wildman–Crippen LogP) is 3.29. The maximum atomic E-state index is 13.3. The highest BCUT2D eigenvalue weighted by molar-refractivity contribution is 6.19. The molecule has 0 atom stereocenters. The molecule has 0 unspecified atom stereocenters. The van der Waals surface area contributed by atoms with E-state index < -0.39 is 23.6 Å². The molecule has 0 fully saturated rings. The number of benzene rings is 1. The largest absolute Gasteiger partial charge is 0.417 e. The lowest BCUT2D eigenvalue weighted by atomic mass is 10.1. The molecular weight excluding hydrogens is 323 g/mol. The minimum atomic E-state index is -4.60. The second kappa shape index (κ2) is 5.33. The normalized spacial score (nSPS) is 15.6. The second-order valence-electron chi connectivity index (χ2n) is 5.38. The molecule has 124 valence electrons. The predicted molar refractivity (Wildman–Crippen MR) is 80.6 cm³/mol. The molecule has 1 aliphatic heterocycles. The first-order chi connectivity index (χ1) is 11.2. The molecule has 0 saturated carbocycles. The number of amides is 2. The number of nitrogens with one attached hydrogen (secondary N) is 1. The van der Waals surface area contributed by atoms with Gasteiger partial charge < -0.3 is 0 Å². The van der Waals surface area contributed by atoms with E-state index in [2.05, 4.69) is 10.4 Å². The van der Waals surface area contributed by atoms with Crippen molar-refractivity contribution in [3.8, 4) is 0 Å². The zero-order chi connectivity index (χ0) is 17.6. The van der Waals surface area contributed by atoms with E-state index in [4.69, 9.17) is 0 Å². The average molecular weight is 335 g/mol. The minimum Gasteiger partial charge on any atom is -0.271 e. The fraction of sp³-hybridized carbons (Fsp3) is 0.188. The van der Waals surface area contributed by atoms with E-state index in [1.165, 1.54) is 32.0 Å². The van der Waals surface area contributed by atoms with Crippen molar-refractivity contribution in [3.05, 3.63) is 47.0 Å². The molecule has 1 aromatic heterocycles. The van der Waals surface area contributed by atoms with Crippen LogP contribution in [0.2, 0.25) is 0 Å². The summed E-state index contributed by atoms with van der Waals surface area (Å²) in [6.07, 6.45) is -4.60.